The molecule has 3 unspecified atom stereocenters. The van der Waals surface area contributed by atoms with Crippen molar-refractivity contribution in [2.45, 2.75) is 26.0 Å². The number of benzene rings is 3. The number of nitrogens with one attached hydrogen (secondary N) is 2. The third-order valence-corrected chi connectivity index (χ3v) is 6.69. The molecule has 0 amide bonds. The van der Waals surface area contributed by atoms with Crippen molar-refractivity contribution in [2.75, 3.05) is 17.7 Å². The molecule has 2 aliphatic rings. The van der Waals surface area contributed by atoms with Gasteiger partial charge in [0.05, 0.1) is 24.5 Å². The highest BCUT2D eigenvalue weighted by molar-refractivity contribution is 6.11. The number of Topliss-reactive ketones (excluding diaryl/α,β-unsaturated/α-hetero) is 1. The molecule has 0 aromatic heterocycles. The van der Waals surface area contributed by atoms with E-state index in [1.807, 2.05) is 85.8 Å². The van der Waals surface area contributed by atoms with Crippen LogP contribution in [-0.4, -0.2) is 18.9 Å². The van der Waals surface area contributed by atoms with E-state index in [9.17, 15) is 9.59 Å². The number of fused-ring (bicyclic) bond motifs is 1. The molecular weight excluding hydrogens is 440 g/mol. The van der Waals surface area contributed by atoms with Gasteiger partial charge >= 0.3 is 5.97 Å². The number of hydrogen-bond acceptors (Lipinski definition) is 6. The van der Waals surface area contributed by atoms with Gasteiger partial charge in [0.1, 0.15) is 18.3 Å². The van der Waals surface area contributed by atoms with E-state index < -0.39 is 17.9 Å². The average molecular weight is 469 g/mol. The lowest BCUT2D eigenvalue weighted by molar-refractivity contribution is -0.151. The highest BCUT2D eigenvalue weighted by Crippen LogP contribution is 2.43. The second-order valence-electron chi connectivity index (χ2n) is 9.03. The molecule has 0 saturated heterocycles. The van der Waals surface area contributed by atoms with E-state index in [1.165, 1.54) is 7.11 Å². The van der Waals surface area contributed by atoms with E-state index in [1.54, 1.807) is 0 Å². The number of para-hydroxylation sites is 2. The summed E-state index contributed by atoms with van der Waals surface area (Å²) in [6, 6.07) is 25.2. The number of hydrogen-bond donors (Lipinski definition) is 2. The van der Waals surface area contributed by atoms with Crippen molar-refractivity contribution in [3.8, 4) is 5.75 Å². The van der Waals surface area contributed by atoms with Gasteiger partial charge < -0.3 is 20.1 Å². The first kappa shape index (κ1) is 22.7. The maximum atomic E-state index is 13.7. The summed E-state index contributed by atoms with van der Waals surface area (Å²) >= 11 is 0. The van der Waals surface area contributed by atoms with E-state index in [0.29, 0.717) is 18.6 Å². The fourth-order valence-corrected chi connectivity index (χ4v) is 4.88. The van der Waals surface area contributed by atoms with Crippen LogP contribution in [0.4, 0.5) is 11.4 Å². The third kappa shape index (κ3) is 4.52. The van der Waals surface area contributed by atoms with E-state index in [-0.39, 0.29) is 11.7 Å². The second kappa shape index (κ2) is 9.66. The number of carbonyl (C=O) groups excluding carboxylic acids is 2. The lowest BCUT2D eigenvalue weighted by Crippen LogP contribution is -2.39. The minimum atomic E-state index is -0.820. The first-order valence-electron chi connectivity index (χ1n) is 11.8. The van der Waals surface area contributed by atoms with Gasteiger partial charge in [-0.1, -0.05) is 61.5 Å². The predicted molar refractivity (Wildman–Crippen MR) is 135 cm³/mol. The van der Waals surface area contributed by atoms with Crippen LogP contribution in [0.1, 0.15) is 30.5 Å². The number of ether oxygens (including phenoxy) is 2. The van der Waals surface area contributed by atoms with Crippen molar-refractivity contribution in [1.29, 1.82) is 0 Å². The summed E-state index contributed by atoms with van der Waals surface area (Å²) in [6.07, 6.45) is 0.575. The van der Waals surface area contributed by atoms with Gasteiger partial charge in [-0.15, -0.1) is 0 Å². The molecule has 0 bridgehead atoms. The van der Waals surface area contributed by atoms with Gasteiger partial charge in [0, 0.05) is 11.3 Å². The first-order valence-corrected chi connectivity index (χ1v) is 11.8. The molecule has 35 heavy (non-hydrogen) atoms. The zero-order valence-corrected chi connectivity index (χ0v) is 19.8. The summed E-state index contributed by atoms with van der Waals surface area (Å²) < 4.78 is 10.9. The summed E-state index contributed by atoms with van der Waals surface area (Å²) in [6.45, 7) is 2.40. The molecule has 3 aromatic rings. The maximum Gasteiger partial charge on any atom is 0.316 e. The number of esters is 1. The molecule has 5 rings (SSSR count). The highest BCUT2D eigenvalue weighted by atomic mass is 16.5. The minimum absolute atomic E-state index is 0.166. The molecule has 0 fully saturated rings. The van der Waals surface area contributed by atoms with Crippen molar-refractivity contribution in [1.82, 2.24) is 0 Å². The monoisotopic (exact) mass is 468 g/mol. The van der Waals surface area contributed by atoms with Crippen molar-refractivity contribution in [2.24, 2.45) is 11.8 Å². The lowest BCUT2D eigenvalue weighted by Gasteiger charge is -2.32. The largest absolute Gasteiger partial charge is 0.489 e. The Morgan fingerprint density at radius 3 is 2.34 bits per heavy atom. The van der Waals surface area contributed by atoms with Gasteiger partial charge in [-0.3, -0.25) is 9.59 Å². The molecule has 6 nitrogen and oxygen atoms in total. The van der Waals surface area contributed by atoms with Gasteiger partial charge in [-0.25, -0.2) is 0 Å². The normalized spacial score (nSPS) is 21.1. The van der Waals surface area contributed by atoms with Crippen molar-refractivity contribution >= 4 is 23.1 Å². The topological polar surface area (TPSA) is 76.7 Å². The third-order valence-electron chi connectivity index (χ3n) is 6.69. The standard InChI is InChI=1S/C29H28N2O4/c1-18-16-24-26(28(32)25(18)29(33)34-2)27(31-23-11-7-6-10-22(23)30-24)20-12-14-21(15-13-20)35-17-19-8-4-3-5-9-19/h3-15,18,25,27,30-31H,16-17H2,1-2H3. The summed E-state index contributed by atoms with van der Waals surface area (Å²) in [5.74, 6) is -0.928. The Morgan fingerprint density at radius 2 is 1.63 bits per heavy atom. The first-order chi connectivity index (χ1) is 17.0. The summed E-state index contributed by atoms with van der Waals surface area (Å²) in [5, 5.41) is 7.01. The summed E-state index contributed by atoms with van der Waals surface area (Å²) in [7, 11) is 1.33. The number of ketones is 1. The maximum absolute atomic E-state index is 13.7. The molecule has 1 aliphatic heterocycles. The van der Waals surface area contributed by atoms with E-state index in [0.717, 1.165) is 33.9 Å². The van der Waals surface area contributed by atoms with Crippen LogP contribution >= 0.6 is 0 Å². The van der Waals surface area contributed by atoms with Crippen LogP contribution < -0.4 is 15.4 Å². The average Bonchev–Trinajstić information content (AvgIpc) is 3.05. The fraction of sp³-hybridized carbons (Fsp3) is 0.241. The van der Waals surface area contributed by atoms with Crippen molar-refractivity contribution in [3.63, 3.8) is 0 Å². The predicted octanol–water partition coefficient (Wildman–Crippen LogP) is 5.50. The molecule has 1 aliphatic carbocycles. The van der Waals surface area contributed by atoms with E-state index in [2.05, 4.69) is 10.6 Å². The molecule has 3 atom stereocenters. The smallest absolute Gasteiger partial charge is 0.316 e. The Hall–Kier alpha value is -4.06. The number of rotatable bonds is 5. The molecule has 2 N–H and O–H groups in total. The second-order valence-corrected chi connectivity index (χ2v) is 9.03. The van der Waals surface area contributed by atoms with E-state index >= 15 is 0 Å². The zero-order valence-electron chi connectivity index (χ0n) is 19.8. The molecular formula is C29H28N2O4. The Morgan fingerprint density at radius 1 is 0.943 bits per heavy atom. The summed E-state index contributed by atoms with van der Waals surface area (Å²) in [4.78, 5) is 26.2. The zero-order chi connectivity index (χ0) is 24.4. The Bertz CT molecular complexity index is 1270. The van der Waals surface area contributed by atoms with E-state index in [4.69, 9.17) is 9.47 Å². The van der Waals surface area contributed by atoms with Crippen molar-refractivity contribution < 1.29 is 19.1 Å². The SMILES string of the molecule is COC(=O)C1C(=O)C2=C(CC1C)Nc1ccccc1NC2c1ccc(OCc2ccccc2)cc1. The van der Waals surface area contributed by atoms with Crippen LogP contribution in [0.2, 0.25) is 0 Å². The van der Waals surface area contributed by atoms with Crippen LogP contribution in [0, 0.1) is 11.8 Å². The number of anilines is 2. The van der Waals surface area contributed by atoms with Crippen LogP contribution in [-0.2, 0) is 20.9 Å². The Kier molecular flexibility index (Phi) is 6.27. The quantitative estimate of drug-likeness (QED) is 0.381. The molecule has 0 saturated carbocycles. The lowest BCUT2D eigenvalue weighted by atomic mass is 9.75. The minimum Gasteiger partial charge on any atom is -0.489 e. The molecule has 178 valence electrons. The Labute approximate surface area is 205 Å². The summed E-state index contributed by atoms with van der Waals surface area (Å²) in [5.41, 5.74) is 5.22. The number of methoxy groups -OCH3 is 1. The number of allylic oxidation sites excluding steroid dienone is 1. The molecule has 3 aromatic carbocycles. The number of carbonyl (C=O) groups is 2. The molecule has 6 heteroatoms. The van der Waals surface area contributed by atoms with Crippen LogP contribution in [0.15, 0.2) is 90.1 Å². The van der Waals surface area contributed by atoms with Crippen LogP contribution in [0.25, 0.3) is 0 Å². The van der Waals surface area contributed by atoms with Gasteiger partial charge in [0.25, 0.3) is 0 Å². The van der Waals surface area contributed by atoms with Crippen LogP contribution in [0.3, 0.4) is 0 Å². The molecule has 0 spiro atoms. The molecule has 1 heterocycles. The van der Waals surface area contributed by atoms with Crippen LogP contribution in [0.5, 0.6) is 5.75 Å². The molecule has 0 radical (unpaired) electrons. The highest BCUT2D eigenvalue weighted by Gasteiger charge is 2.44. The Balaban J connectivity index is 1.48. The van der Waals surface area contributed by atoms with Gasteiger partial charge in [-0.05, 0) is 47.7 Å². The van der Waals surface area contributed by atoms with Gasteiger partial charge in [0.2, 0.25) is 0 Å². The van der Waals surface area contributed by atoms with Gasteiger partial charge in [0.15, 0.2) is 5.78 Å². The van der Waals surface area contributed by atoms with Gasteiger partial charge in [-0.2, -0.15) is 0 Å². The van der Waals surface area contributed by atoms with Crippen molar-refractivity contribution in [3.05, 3.63) is 101 Å². The fourth-order valence-electron chi connectivity index (χ4n) is 4.88.